The monoisotopic (exact) mass is 438 g/mol. The molecule has 3 aromatic heterocycles. The summed E-state index contributed by atoms with van der Waals surface area (Å²) in [6.07, 6.45) is 1.59. The average molecular weight is 438 g/mol. The van der Waals surface area contributed by atoms with E-state index < -0.39 is 11.5 Å². The Morgan fingerprint density at radius 2 is 1.82 bits per heavy atom. The number of anilines is 1. The second-order valence-corrected chi connectivity index (χ2v) is 7.77. The smallest absolute Gasteiger partial charge is 0.265 e. The fourth-order valence-corrected chi connectivity index (χ4v) is 3.89. The second kappa shape index (κ2) is 8.27. The number of carbonyl (C=O) groups excluding carboxylic acids is 1. The Hall–Kier alpha value is -4.39. The molecule has 2 aromatic carbocycles. The van der Waals surface area contributed by atoms with Crippen LogP contribution in [-0.4, -0.2) is 20.4 Å². The minimum atomic E-state index is -0.519. The number of fused-ring (bicyclic) bond motifs is 2. The second-order valence-electron chi connectivity index (χ2n) is 7.77. The van der Waals surface area contributed by atoms with Crippen LogP contribution in [0.3, 0.4) is 0 Å². The van der Waals surface area contributed by atoms with Crippen LogP contribution in [0.2, 0.25) is 0 Å². The van der Waals surface area contributed by atoms with Crippen LogP contribution in [0.15, 0.2) is 83.8 Å². The number of para-hydroxylation sites is 1. The summed E-state index contributed by atoms with van der Waals surface area (Å²) in [6, 6.07) is 20.2. The number of nitrogens with one attached hydrogen (secondary N) is 1. The predicted molar refractivity (Wildman–Crippen MR) is 126 cm³/mol. The van der Waals surface area contributed by atoms with Gasteiger partial charge in [0.1, 0.15) is 17.0 Å². The quantitative estimate of drug-likeness (QED) is 0.442. The van der Waals surface area contributed by atoms with E-state index in [0.717, 1.165) is 22.2 Å². The van der Waals surface area contributed by atoms with Gasteiger partial charge in [-0.05, 0) is 55.0 Å². The van der Waals surface area contributed by atoms with Crippen molar-refractivity contribution < 1.29 is 9.18 Å². The van der Waals surface area contributed by atoms with E-state index in [0.29, 0.717) is 16.7 Å². The highest BCUT2D eigenvalue weighted by Crippen LogP contribution is 2.23. The summed E-state index contributed by atoms with van der Waals surface area (Å²) in [5.74, 6) is -0.878. The van der Waals surface area contributed by atoms with Crippen molar-refractivity contribution in [3.63, 3.8) is 0 Å². The maximum Gasteiger partial charge on any atom is 0.265 e. The third-order valence-corrected chi connectivity index (χ3v) is 5.44. The van der Waals surface area contributed by atoms with Gasteiger partial charge in [-0.25, -0.2) is 9.37 Å². The molecule has 0 radical (unpaired) electrons. The minimum absolute atomic E-state index is 0.00356. The van der Waals surface area contributed by atoms with Crippen LogP contribution < -0.4 is 10.9 Å². The van der Waals surface area contributed by atoms with Gasteiger partial charge in [0.15, 0.2) is 0 Å². The molecule has 0 aliphatic rings. The molecule has 0 saturated carbocycles. The van der Waals surface area contributed by atoms with Crippen molar-refractivity contribution in [2.45, 2.75) is 13.5 Å². The van der Waals surface area contributed by atoms with E-state index in [1.807, 2.05) is 31.2 Å². The van der Waals surface area contributed by atoms with E-state index >= 15 is 0 Å². The molecule has 6 nitrogen and oxygen atoms in total. The molecule has 7 heteroatoms. The van der Waals surface area contributed by atoms with E-state index in [2.05, 4.69) is 15.3 Å². The third kappa shape index (κ3) is 3.96. The van der Waals surface area contributed by atoms with Gasteiger partial charge in [-0.3, -0.25) is 19.1 Å². The molecular weight excluding hydrogens is 419 g/mol. The molecular formula is C26H19FN4O2. The van der Waals surface area contributed by atoms with E-state index in [4.69, 9.17) is 0 Å². The Morgan fingerprint density at radius 1 is 1.03 bits per heavy atom. The van der Waals surface area contributed by atoms with Gasteiger partial charge in [0, 0.05) is 22.7 Å². The van der Waals surface area contributed by atoms with Crippen molar-refractivity contribution in [1.82, 2.24) is 14.5 Å². The molecule has 33 heavy (non-hydrogen) atoms. The fourth-order valence-electron chi connectivity index (χ4n) is 3.89. The molecule has 1 amide bonds. The van der Waals surface area contributed by atoms with Gasteiger partial charge in [-0.15, -0.1) is 0 Å². The van der Waals surface area contributed by atoms with Gasteiger partial charge in [0.2, 0.25) is 0 Å². The summed E-state index contributed by atoms with van der Waals surface area (Å²) in [4.78, 5) is 35.5. The number of hydrogen-bond donors (Lipinski definition) is 1. The number of aromatic nitrogens is 3. The lowest BCUT2D eigenvalue weighted by Gasteiger charge is -2.13. The first-order valence-corrected chi connectivity index (χ1v) is 10.4. The van der Waals surface area contributed by atoms with Crippen LogP contribution in [0.25, 0.3) is 21.9 Å². The van der Waals surface area contributed by atoms with E-state index in [9.17, 15) is 14.0 Å². The average Bonchev–Trinajstić information content (AvgIpc) is 2.82. The van der Waals surface area contributed by atoms with Crippen LogP contribution in [0.5, 0.6) is 0 Å². The molecule has 0 saturated heterocycles. The first-order chi connectivity index (χ1) is 16.0. The van der Waals surface area contributed by atoms with E-state index in [1.165, 1.54) is 16.7 Å². The number of hydrogen-bond acceptors (Lipinski definition) is 4. The van der Waals surface area contributed by atoms with Crippen LogP contribution in [0.1, 0.15) is 21.6 Å². The van der Waals surface area contributed by atoms with E-state index in [1.54, 1.807) is 42.6 Å². The van der Waals surface area contributed by atoms with Crippen molar-refractivity contribution in [2.24, 2.45) is 0 Å². The normalized spacial score (nSPS) is 11.1. The largest absolute Gasteiger partial charge is 0.321 e. The third-order valence-electron chi connectivity index (χ3n) is 5.44. The van der Waals surface area contributed by atoms with Crippen LogP contribution in [-0.2, 0) is 6.54 Å². The highest BCUT2D eigenvalue weighted by molar-refractivity contribution is 6.09. The highest BCUT2D eigenvalue weighted by Gasteiger charge is 2.18. The zero-order chi connectivity index (χ0) is 22.9. The SMILES string of the molecule is Cc1cc(NC(=O)c2cc3cccnc3n(Cc3ccc(F)cc3)c2=O)c2ccccc2n1. The topological polar surface area (TPSA) is 76.9 Å². The van der Waals surface area contributed by atoms with Crippen LogP contribution in [0, 0.1) is 12.7 Å². The molecule has 5 aromatic rings. The van der Waals surface area contributed by atoms with Crippen molar-refractivity contribution in [2.75, 3.05) is 5.32 Å². The Labute approximate surface area is 188 Å². The first-order valence-electron chi connectivity index (χ1n) is 10.4. The van der Waals surface area contributed by atoms with Crippen molar-refractivity contribution in [3.8, 4) is 0 Å². The Bertz CT molecular complexity index is 1580. The minimum Gasteiger partial charge on any atom is -0.321 e. The molecule has 0 fully saturated rings. The number of aryl methyl sites for hydroxylation is 1. The van der Waals surface area contributed by atoms with Crippen molar-refractivity contribution in [1.29, 1.82) is 0 Å². The lowest BCUT2D eigenvalue weighted by molar-refractivity contribution is 0.102. The highest BCUT2D eigenvalue weighted by atomic mass is 19.1. The van der Waals surface area contributed by atoms with Gasteiger partial charge in [0.25, 0.3) is 11.5 Å². The molecule has 0 aliphatic carbocycles. The van der Waals surface area contributed by atoms with Gasteiger partial charge >= 0.3 is 0 Å². The molecule has 5 rings (SSSR count). The molecule has 1 N–H and O–H groups in total. The van der Waals surface area contributed by atoms with Crippen LogP contribution >= 0.6 is 0 Å². The van der Waals surface area contributed by atoms with Gasteiger partial charge < -0.3 is 5.32 Å². The summed E-state index contributed by atoms with van der Waals surface area (Å²) in [5, 5.41) is 4.32. The van der Waals surface area contributed by atoms with Gasteiger partial charge in [-0.2, -0.15) is 0 Å². The number of pyridine rings is 3. The van der Waals surface area contributed by atoms with E-state index in [-0.39, 0.29) is 17.9 Å². The zero-order valence-corrected chi connectivity index (χ0v) is 17.7. The van der Waals surface area contributed by atoms with Crippen molar-refractivity contribution in [3.05, 3.63) is 112 Å². The van der Waals surface area contributed by atoms with Crippen LogP contribution in [0.4, 0.5) is 10.1 Å². The maximum absolute atomic E-state index is 13.4. The molecule has 162 valence electrons. The number of rotatable bonds is 4. The maximum atomic E-state index is 13.4. The molecule has 0 unspecified atom stereocenters. The summed E-state index contributed by atoms with van der Waals surface area (Å²) < 4.78 is 14.8. The molecule has 0 aliphatic heterocycles. The van der Waals surface area contributed by atoms with Gasteiger partial charge in [-0.1, -0.05) is 30.3 Å². The summed E-state index contributed by atoms with van der Waals surface area (Å²) in [5.41, 5.74) is 2.78. The molecule has 0 spiro atoms. The predicted octanol–water partition coefficient (Wildman–Crippen LogP) is 4.69. The number of nitrogens with zero attached hydrogens (tertiary/aromatic N) is 3. The molecule has 0 bridgehead atoms. The summed E-state index contributed by atoms with van der Waals surface area (Å²) in [6.45, 7) is 2.00. The zero-order valence-electron chi connectivity index (χ0n) is 17.7. The Kier molecular flexibility index (Phi) is 5.14. The fraction of sp³-hybridized carbons (Fsp3) is 0.0769. The molecule has 0 atom stereocenters. The molecule has 3 heterocycles. The number of halogens is 1. The lowest BCUT2D eigenvalue weighted by atomic mass is 10.1. The Morgan fingerprint density at radius 3 is 2.64 bits per heavy atom. The number of amides is 1. The van der Waals surface area contributed by atoms with Gasteiger partial charge in [0.05, 0.1) is 17.7 Å². The first kappa shape index (κ1) is 20.5. The number of benzene rings is 2. The number of carbonyl (C=O) groups is 1. The summed E-state index contributed by atoms with van der Waals surface area (Å²) in [7, 11) is 0. The standard InChI is InChI=1S/C26H19FN4O2/c1-16-13-23(20-6-2-3-7-22(20)29-16)30-25(32)21-14-18-5-4-12-28-24(18)31(26(21)33)15-17-8-10-19(27)11-9-17/h2-14H,15H2,1H3,(H,29,30,32). The Balaban J connectivity index is 1.60. The summed E-state index contributed by atoms with van der Waals surface area (Å²) >= 11 is 0. The lowest BCUT2D eigenvalue weighted by Crippen LogP contribution is -2.30. The van der Waals surface area contributed by atoms with Crippen molar-refractivity contribution >= 4 is 33.5 Å².